The third-order valence-electron chi connectivity index (χ3n) is 2.25. The highest BCUT2D eigenvalue weighted by Crippen LogP contribution is 2.22. The lowest BCUT2D eigenvalue weighted by Gasteiger charge is -1.99. The minimum Gasteiger partial charge on any atom is -0.477 e. The van der Waals surface area contributed by atoms with Gasteiger partial charge >= 0.3 is 5.97 Å². The third-order valence-corrected chi connectivity index (χ3v) is 2.83. The van der Waals surface area contributed by atoms with Crippen molar-refractivity contribution in [2.24, 2.45) is 0 Å². The molecule has 0 fully saturated rings. The Kier molecular flexibility index (Phi) is 2.67. The number of hydrogen-bond acceptors (Lipinski definition) is 2. The summed E-state index contributed by atoms with van der Waals surface area (Å²) in [5.41, 5.74) is 0.868. The van der Waals surface area contributed by atoms with E-state index in [0.29, 0.717) is 22.2 Å². The second kappa shape index (κ2) is 3.86. The summed E-state index contributed by atoms with van der Waals surface area (Å²) in [6.07, 6.45) is 1.60. The lowest BCUT2D eigenvalue weighted by molar-refractivity contribution is 0.0688. The number of hydrogen-bond donors (Lipinski definition) is 1. The van der Waals surface area contributed by atoms with Crippen molar-refractivity contribution in [1.29, 1.82) is 0 Å². The lowest BCUT2D eigenvalue weighted by atomic mass is 10.2. The average Bonchev–Trinajstić information content (AvgIpc) is 2.56. The first kappa shape index (κ1) is 11.1. The Bertz CT molecular complexity index is 580. The van der Waals surface area contributed by atoms with E-state index in [0.717, 1.165) is 6.20 Å². The molecule has 0 radical (unpaired) electrons. The van der Waals surface area contributed by atoms with Crippen LogP contribution in [-0.4, -0.2) is 20.5 Å². The number of pyridine rings is 1. The fraction of sp³-hybridized carbons (Fsp3) is 0.200. The molecule has 16 heavy (non-hydrogen) atoms. The Balaban J connectivity index is 2.89. The topological polar surface area (TPSA) is 54.6 Å². The van der Waals surface area contributed by atoms with Crippen molar-refractivity contribution < 1.29 is 14.3 Å². The van der Waals surface area contributed by atoms with Crippen molar-refractivity contribution in [3.63, 3.8) is 0 Å². The van der Waals surface area contributed by atoms with E-state index in [-0.39, 0.29) is 5.69 Å². The van der Waals surface area contributed by atoms with Crippen LogP contribution in [0.2, 0.25) is 0 Å². The summed E-state index contributed by atoms with van der Waals surface area (Å²) in [6.45, 7) is 1.80. The molecule has 4 nitrogen and oxygen atoms in total. The molecule has 84 valence electrons. The molecule has 6 heteroatoms. The van der Waals surface area contributed by atoms with Gasteiger partial charge in [-0.1, -0.05) is 6.92 Å². The maximum atomic E-state index is 13.2. The van der Waals surface area contributed by atoms with E-state index in [1.165, 1.54) is 10.5 Å². The van der Waals surface area contributed by atoms with Gasteiger partial charge in [-0.3, -0.25) is 4.40 Å². The Morgan fingerprint density at radius 2 is 2.38 bits per heavy atom. The Morgan fingerprint density at radius 1 is 1.69 bits per heavy atom. The van der Waals surface area contributed by atoms with Crippen LogP contribution in [0.3, 0.4) is 0 Å². The lowest BCUT2D eigenvalue weighted by Crippen LogP contribution is -2.05. The molecule has 0 amide bonds. The zero-order valence-corrected chi connectivity index (χ0v) is 9.95. The highest BCUT2D eigenvalue weighted by atomic mass is 79.9. The maximum Gasteiger partial charge on any atom is 0.354 e. The monoisotopic (exact) mass is 286 g/mol. The van der Waals surface area contributed by atoms with Crippen LogP contribution >= 0.6 is 15.9 Å². The molecule has 0 unspecified atom stereocenters. The first-order chi connectivity index (χ1) is 7.54. The molecular weight excluding hydrogens is 279 g/mol. The Hall–Kier alpha value is -1.43. The summed E-state index contributed by atoms with van der Waals surface area (Å²) in [5, 5.41) is 9.07. The molecule has 0 spiro atoms. The van der Waals surface area contributed by atoms with Gasteiger partial charge in [0.2, 0.25) is 0 Å². The first-order valence-corrected chi connectivity index (χ1v) is 5.43. The van der Waals surface area contributed by atoms with Crippen molar-refractivity contribution in [2.75, 3.05) is 0 Å². The van der Waals surface area contributed by atoms with Crippen LogP contribution in [-0.2, 0) is 6.42 Å². The number of halogens is 2. The van der Waals surface area contributed by atoms with E-state index in [2.05, 4.69) is 20.9 Å². The van der Waals surface area contributed by atoms with Crippen LogP contribution in [0.25, 0.3) is 5.65 Å². The minimum absolute atomic E-state index is 0.0118. The molecule has 1 N–H and O–H groups in total. The highest BCUT2D eigenvalue weighted by Gasteiger charge is 2.19. The Morgan fingerprint density at radius 3 is 2.94 bits per heavy atom. The van der Waals surface area contributed by atoms with Crippen LogP contribution in [0.5, 0.6) is 0 Å². The van der Waals surface area contributed by atoms with E-state index >= 15 is 0 Å². The number of carbonyl (C=O) groups is 1. The molecule has 2 aromatic heterocycles. The number of aryl methyl sites for hydroxylation is 1. The SMILES string of the molecule is CCc1nc2c(Br)cc(F)cn2c1C(=O)O. The molecule has 0 saturated heterocycles. The van der Waals surface area contributed by atoms with Crippen molar-refractivity contribution in [3.05, 3.63) is 33.9 Å². The number of rotatable bonds is 2. The number of fused-ring (bicyclic) bond motifs is 1. The summed E-state index contributed by atoms with van der Waals surface area (Å²) < 4.78 is 14.9. The normalized spacial score (nSPS) is 10.9. The fourth-order valence-corrected chi connectivity index (χ4v) is 2.09. The van der Waals surface area contributed by atoms with Crippen LogP contribution in [0.4, 0.5) is 4.39 Å². The Labute approximate surface area is 98.9 Å². The van der Waals surface area contributed by atoms with Gasteiger partial charge in [-0.2, -0.15) is 0 Å². The number of imidazole rings is 1. The molecule has 0 aliphatic heterocycles. The maximum absolute atomic E-state index is 13.2. The van der Waals surface area contributed by atoms with Gasteiger partial charge in [-0.05, 0) is 28.4 Å². The van der Waals surface area contributed by atoms with Gasteiger partial charge in [0.1, 0.15) is 5.82 Å². The summed E-state index contributed by atoms with van der Waals surface area (Å²) in [7, 11) is 0. The van der Waals surface area contributed by atoms with Gasteiger partial charge in [0.25, 0.3) is 0 Å². The summed E-state index contributed by atoms with van der Waals surface area (Å²) in [4.78, 5) is 15.2. The predicted molar refractivity (Wildman–Crippen MR) is 59.2 cm³/mol. The van der Waals surface area contributed by atoms with Crippen molar-refractivity contribution in [3.8, 4) is 0 Å². The largest absolute Gasteiger partial charge is 0.477 e. The van der Waals surface area contributed by atoms with Crippen LogP contribution < -0.4 is 0 Å². The van der Waals surface area contributed by atoms with E-state index < -0.39 is 11.8 Å². The molecule has 0 saturated carbocycles. The molecule has 0 aromatic carbocycles. The molecule has 0 atom stereocenters. The zero-order valence-electron chi connectivity index (χ0n) is 8.37. The van der Waals surface area contributed by atoms with Gasteiger partial charge in [0, 0.05) is 6.20 Å². The second-order valence-corrected chi connectivity index (χ2v) is 4.12. The first-order valence-electron chi connectivity index (χ1n) is 4.64. The molecule has 0 aliphatic carbocycles. The summed E-state index contributed by atoms with van der Waals surface area (Å²) in [6, 6.07) is 1.26. The van der Waals surface area contributed by atoms with E-state index in [1.807, 2.05) is 0 Å². The number of carboxylic acids is 1. The molecule has 2 aromatic rings. The quantitative estimate of drug-likeness (QED) is 0.923. The molecule has 0 bridgehead atoms. The standard InChI is InChI=1S/C10H8BrFN2O2/c1-2-7-8(10(15)16)14-4-5(12)3-6(11)9(14)13-7/h3-4H,2H2,1H3,(H,15,16). The number of carboxylic acid groups (broad SMARTS) is 1. The average molecular weight is 287 g/mol. The predicted octanol–water partition coefficient (Wildman–Crippen LogP) is 2.50. The highest BCUT2D eigenvalue weighted by molar-refractivity contribution is 9.10. The molecular formula is C10H8BrFN2O2. The fourth-order valence-electron chi connectivity index (χ4n) is 1.59. The molecule has 0 aliphatic rings. The summed E-state index contributed by atoms with van der Waals surface area (Å²) in [5.74, 6) is -1.62. The number of aromatic nitrogens is 2. The van der Waals surface area contributed by atoms with E-state index in [9.17, 15) is 9.18 Å². The zero-order chi connectivity index (χ0) is 11.9. The van der Waals surface area contributed by atoms with Crippen molar-refractivity contribution >= 4 is 27.5 Å². The van der Waals surface area contributed by atoms with E-state index in [4.69, 9.17) is 5.11 Å². The summed E-state index contributed by atoms with van der Waals surface area (Å²) >= 11 is 3.16. The van der Waals surface area contributed by atoms with Gasteiger partial charge in [-0.15, -0.1) is 0 Å². The van der Waals surface area contributed by atoms with Gasteiger partial charge < -0.3 is 5.11 Å². The third kappa shape index (κ3) is 1.59. The van der Waals surface area contributed by atoms with Crippen molar-refractivity contribution in [1.82, 2.24) is 9.38 Å². The van der Waals surface area contributed by atoms with Crippen LogP contribution in [0.15, 0.2) is 16.7 Å². The molecule has 2 rings (SSSR count). The van der Waals surface area contributed by atoms with Crippen LogP contribution in [0.1, 0.15) is 23.1 Å². The smallest absolute Gasteiger partial charge is 0.354 e. The minimum atomic E-state index is -1.11. The number of nitrogens with zero attached hydrogens (tertiary/aromatic N) is 2. The molecule has 2 heterocycles. The van der Waals surface area contributed by atoms with Crippen LogP contribution in [0, 0.1) is 5.82 Å². The van der Waals surface area contributed by atoms with E-state index in [1.54, 1.807) is 6.92 Å². The van der Waals surface area contributed by atoms with Gasteiger partial charge in [0.15, 0.2) is 11.3 Å². The van der Waals surface area contributed by atoms with Crippen molar-refractivity contribution in [2.45, 2.75) is 13.3 Å². The number of aromatic carboxylic acids is 1. The van der Waals surface area contributed by atoms with Gasteiger partial charge in [-0.25, -0.2) is 14.2 Å². The van der Waals surface area contributed by atoms with Gasteiger partial charge in [0.05, 0.1) is 10.2 Å². The second-order valence-electron chi connectivity index (χ2n) is 3.27.